The van der Waals surface area contributed by atoms with Crippen molar-refractivity contribution in [2.75, 3.05) is 11.9 Å². The van der Waals surface area contributed by atoms with Crippen molar-refractivity contribution < 1.29 is 9.47 Å². The zero-order valence-electron chi connectivity index (χ0n) is 19.5. The van der Waals surface area contributed by atoms with Crippen molar-refractivity contribution in [3.8, 4) is 23.0 Å². The molecule has 4 aromatic rings. The van der Waals surface area contributed by atoms with Crippen LogP contribution in [0.2, 0.25) is 0 Å². The molecule has 0 aliphatic heterocycles. The van der Waals surface area contributed by atoms with E-state index in [0.717, 1.165) is 55.6 Å². The molecule has 0 aliphatic rings. The molecule has 0 fully saturated rings. The number of nitrogen functional groups attached to an aromatic ring is 1. The van der Waals surface area contributed by atoms with Gasteiger partial charge in [-0.15, -0.1) is 8.20 Å². The minimum absolute atomic E-state index is 0.292. The van der Waals surface area contributed by atoms with Gasteiger partial charge in [0.2, 0.25) is 0 Å². The summed E-state index contributed by atoms with van der Waals surface area (Å²) in [6.07, 6.45) is 7.01. The van der Waals surface area contributed by atoms with E-state index in [1.54, 1.807) is 0 Å². The van der Waals surface area contributed by atoms with E-state index in [2.05, 4.69) is 55.7 Å². The van der Waals surface area contributed by atoms with Gasteiger partial charge in [0, 0.05) is 17.8 Å². The maximum Gasteiger partial charge on any atom is 0.134 e. The summed E-state index contributed by atoms with van der Waals surface area (Å²) in [5, 5.41) is 0. The molecule has 0 aromatic heterocycles. The first-order chi connectivity index (χ1) is 16.6. The van der Waals surface area contributed by atoms with Crippen molar-refractivity contribution in [1.29, 1.82) is 0 Å². The summed E-state index contributed by atoms with van der Waals surface area (Å²) in [4.78, 5) is 0. The van der Waals surface area contributed by atoms with Crippen LogP contribution in [-0.2, 0) is 6.42 Å². The minimum atomic E-state index is 0.292. The van der Waals surface area contributed by atoms with Gasteiger partial charge >= 0.3 is 0 Å². The monoisotopic (exact) mass is 467 g/mol. The Bertz CT molecular complexity index is 1240. The molecule has 0 saturated heterocycles. The van der Waals surface area contributed by atoms with Crippen LogP contribution in [0.1, 0.15) is 29.0 Å². The zero-order valence-corrected chi connectivity index (χ0v) is 20.4. The number of rotatable bonds is 10. The van der Waals surface area contributed by atoms with Crippen LogP contribution >= 0.6 is 8.20 Å². The summed E-state index contributed by atoms with van der Waals surface area (Å²) < 4.78 is 12.6. The fourth-order valence-corrected chi connectivity index (χ4v) is 4.53. The molecule has 4 aromatic carbocycles. The Labute approximate surface area is 204 Å². The van der Waals surface area contributed by atoms with Crippen molar-refractivity contribution in [2.45, 2.75) is 25.7 Å². The average molecular weight is 468 g/mol. The van der Waals surface area contributed by atoms with Gasteiger partial charge in [-0.3, -0.25) is 0 Å². The van der Waals surface area contributed by atoms with Gasteiger partial charge in [0.1, 0.15) is 23.0 Å². The molecule has 0 radical (unpaired) electrons. The lowest BCUT2D eigenvalue weighted by Gasteiger charge is -2.21. The number of hydrogen-bond donors (Lipinski definition) is 1. The molecule has 0 amide bonds. The molecule has 1 unspecified atom stereocenters. The SMILES string of the molecule is C=PCCC(Cc1ccccc1)c1ccc(Oc2cccc(C)c2)cc1Oc1cccc(N)c1. The number of nitrogens with two attached hydrogens (primary N) is 1. The Morgan fingerprint density at radius 3 is 2.26 bits per heavy atom. The fraction of sp³-hybridized carbons (Fsp3) is 0.167. The zero-order chi connectivity index (χ0) is 23.8. The van der Waals surface area contributed by atoms with Crippen LogP contribution in [0, 0.1) is 6.92 Å². The molecule has 2 N–H and O–H groups in total. The number of anilines is 1. The van der Waals surface area contributed by atoms with E-state index in [4.69, 9.17) is 15.2 Å². The molecular weight excluding hydrogens is 437 g/mol. The Morgan fingerprint density at radius 2 is 1.53 bits per heavy atom. The third-order valence-electron chi connectivity index (χ3n) is 5.70. The smallest absolute Gasteiger partial charge is 0.134 e. The van der Waals surface area contributed by atoms with Crippen molar-refractivity contribution in [2.24, 2.45) is 0 Å². The second-order valence-electron chi connectivity index (χ2n) is 8.42. The van der Waals surface area contributed by atoms with E-state index in [1.165, 1.54) is 5.56 Å². The molecule has 1 atom stereocenters. The first-order valence-electron chi connectivity index (χ1n) is 11.5. The predicted octanol–water partition coefficient (Wildman–Crippen LogP) is 8.26. The van der Waals surface area contributed by atoms with Gasteiger partial charge in [-0.25, -0.2) is 0 Å². The van der Waals surface area contributed by atoms with Crippen LogP contribution < -0.4 is 15.2 Å². The van der Waals surface area contributed by atoms with Gasteiger partial charge in [0.15, 0.2) is 0 Å². The quantitative estimate of drug-likeness (QED) is 0.189. The van der Waals surface area contributed by atoms with Crippen LogP contribution in [-0.4, -0.2) is 12.5 Å². The highest BCUT2D eigenvalue weighted by Gasteiger charge is 2.19. The fourth-order valence-electron chi connectivity index (χ4n) is 4.04. The molecule has 3 nitrogen and oxygen atoms in total. The minimum Gasteiger partial charge on any atom is -0.457 e. The second-order valence-corrected chi connectivity index (χ2v) is 9.31. The predicted molar refractivity (Wildman–Crippen MR) is 145 cm³/mol. The molecule has 0 bridgehead atoms. The van der Waals surface area contributed by atoms with Gasteiger partial charge in [-0.1, -0.05) is 60.9 Å². The lowest BCUT2D eigenvalue weighted by molar-refractivity contribution is 0.450. The number of aryl methyl sites for hydroxylation is 1. The van der Waals surface area contributed by atoms with E-state index in [-0.39, 0.29) is 0 Å². The Balaban J connectivity index is 1.71. The molecule has 0 saturated carbocycles. The summed E-state index contributed by atoms with van der Waals surface area (Å²) in [7, 11) is 1.15. The lowest BCUT2D eigenvalue weighted by Crippen LogP contribution is -2.06. The van der Waals surface area contributed by atoms with Crippen LogP contribution in [0.3, 0.4) is 0 Å². The lowest BCUT2D eigenvalue weighted by atomic mass is 9.89. The molecule has 34 heavy (non-hydrogen) atoms. The highest BCUT2D eigenvalue weighted by molar-refractivity contribution is 7.36. The molecule has 0 aliphatic carbocycles. The third-order valence-corrected chi connectivity index (χ3v) is 6.27. The van der Waals surface area contributed by atoms with E-state index < -0.39 is 0 Å². The van der Waals surface area contributed by atoms with Gasteiger partial charge in [-0.2, -0.15) is 0 Å². The Kier molecular flexibility index (Phi) is 8.01. The van der Waals surface area contributed by atoms with Crippen molar-refractivity contribution in [3.05, 3.63) is 114 Å². The largest absolute Gasteiger partial charge is 0.457 e. The molecule has 4 heteroatoms. The van der Waals surface area contributed by atoms with Crippen LogP contribution in [0.4, 0.5) is 5.69 Å². The maximum atomic E-state index is 6.41. The summed E-state index contributed by atoms with van der Waals surface area (Å²) in [5.74, 6) is 3.34. The van der Waals surface area contributed by atoms with Crippen LogP contribution in [0.5, 0.6) is 23.0 Å². The highest BCUT2D eigenvalue weighted by atomic mass is 31.1. The number of hydrogen-bond acceptors (Lipinski definition) is 3. The van der Waals surface area contributed by atoms with E-state index >= 15 is 0 Å². The maximum absolute atomic E-state index is 6.41. The van der Waals surface area contributed by atoms with Gasteiger partial charge in [0.05, 0.1) is 0 Å². The third kappa shape index (κ3) is 6.50. The van der Waals surface area contributed by atoms with Crippen molar-refractivity contribution in [3.63, 3.8) is 0 Å². The van der Waals surface area contributed by atoms with Gasteiger partial charge in [0.25, 0.3) is 0 Å². The average Bonchev–Trinajstić information content (AvgIpc) is 2.83. The number of benzene rings is 4. The van der Waals surface area contributed by atoms with Crippen LogP contribution in [0.15, 0.2) is 97.1 Å². The molecule has 4 rings (SSSR count). The normalized spacial score (nSPS) is 11.8. The topological polar surface area (TPSA) is 44.5 Å². The van der Waals surface area contributed by atoms with E-state index in [0.29, 0.717) is 17.4 Å². The van der Waals surface area contributed by atoms with E-state index in [9.17, 15) is 0 Å². The highest BCUT2D eigenvalue weighted by Crippen LogP contribution is 2.39. The van der Waals surface area contributed by atoms with Crippen LogP contribution in [0.25, 0.3) is 0 Å². The van der Waals surface area contributed by atoms with Crippen molar-refractivity contribution >= 4 is 20.2 Å². The standard InChI is InChI=1S/C30H30NO2P/c1-22-8-6-12-26(18-22)32-28-14-15-29(30(21-28)33-27-13-7-11-25(31)20-27)24(16-17-34-2)19-23-9-4-3-5-10-23/h3-15,18,20-21,24H,2,16-17,19,31H2,1H3. The molecular formula is C30H30NO2P. The molecule has 0 heterocycles. The summed E-state index contributed by atoms with van der Waals surface area (Å²) in [5.41, 5.74) is 10.3. The van der Waals surface area contributed by atoms with Gasteiger partial charge < -0.3 is 15.2 Å². The Hall–Kier alpha value is -3.55. The summed E-state index contributed by atoms with van der Waals surface area (Å²) >= 11 is 0. The van der Waals surface area contributed by atoms with Crippen molar-refractivity contribution in [1.82, 2.24) is 0 Å². The summed E-state index contributed by atoms with van der Waals surface area (Å²) in [6, 6.07) is 32.3. The van der Waals surface area contributed by atoms with E-state index in [1.807, 2.05) is 54.6 Å². The second kappa shape index (κ2) is 11.5. The first-order valence-corrected chi connectivity index (χ1v) is 12.8. The summed E-state index contributed by atoms with van der Waals surface area (Å²) in [6.45, 7) is 2.06. The molecule has 172 valence electrons. The van der Waals surface area contributed by atoms with Gasteiger partial charge in [-0.05, 0) is 78.9 Å². The number of ether oxygens (including phenoxy) is 2. The molecule has 0 spiro atoms. The Morgan fingerprint density at radius 1 is 0.794 bits per heavy atom. The first kappa shape index (κ1) is 23.6.